The van der Waals surface area contributed by atoms with E-state index >= 15 is 0 Å². The SMILES string of the molecule is FC(C(F)(F)F)C(F)(F)CC1COC(C(F)(F)C(F)N2CCCCCC2)CO1. The lowest BCUT2D eigenvalue weighted by Gasteiger charge is -2.39. The van der Waals surface area contributed by atoms with Crippen molar-refractivity contribution in [3.8, 4) is 0 Å². The maximum Gasteiger partial charge on any atom is 0.425 e. The van der Waals surface area contributed by atoms with Crippen LogP contribution < -0.4 is 0 Å². The molecule has 0 bridgehead atoms. The van der Waals surface area contributed by atoms with Gasteiger partial charge in [-0.1, -0.05) is 12.8 Å². The lowest BCUT2D eigenvalue weighted by molar-refractivity contribution is -0.275. The fourth-order valence-electron chi connectivity index (χ4n) is 3.25. The van der Waals surface area contributed by atoms with Crippen molar-refractivity contribution in [2.24, 2.45) is 0 Å². The smallest absolute Gasteiger partial charge is 0.373 e. The summed E-state index contributed by atoms with van der Waals surface area (Å²) in [5.41, 5.74) is 0. The molecule has 12 heteroatoms. The van der Waals surface area contributed by atoms with Gasteiger partial charge in [-0.2, -0.15) is 22.0 Å². The van der Waals surface area contributed by atoms with E-state index in [0.717, 1.165) is 17.7 Å². The molecule has 2 saturated heterocycles. The number of alkyl halides is 9. The minimum absolute atomic E-state index is 0.133. The first kappa shape index (κ1) is 23.5. The van der Waals surface area contributed by atoms with Gasteiger partial charge in [-0.05, 0) is 12.8 Å². The average molecular weight is 431 g/mol. The van der Waals surface area contributed by atoms with E-state index in [1.54, 1.807) is 0 Å². The highest BCUT2D eigenvalue weighted by atomic mass is 19.4. The maximum atomic E-state index is 14.4. The predicted octanol–water partition coefficient (Wildman–Crippen LogP) is 4.50. The zero-order valence-corrected chi connectivity index (χ0v) is 14.8. The number of nitrogens with zero attached hydrogens (tertiary/aromatic N) is 1. The monoisotopic (exact) mass is 431 g/mol. The molecule has 0 N–H and O–H groups in total. The van der Waals surface area contributed by atoms with Crippen LogP contribution in [0.15, 0.2) is 0 Å². The predicted molar refractivity (Wildman–Crippen MR) is 79.9 cm³/mol. The first-order valence-electron chi connectivity index (χ1n) is 8.93. The summed E-state index contributed by atoms with van der Waals surface area (Å²) in [6.45, 7) is -1.65. The minimum atomic E-state index is -5.77. The second-order valence-corrected chi connectivity index (χ2v) is 7.11. The first-order chi connectivity index (χ1) is 12.9. The van der Waals surface area contributed by atoms with Crippen LogP contribution in [0.4, 0.5) is 39.5 Å². The number of hydrogen-bond acceptors (Lipinski definition) is 3. The second-order valence-electron chi connectivity index (χ2n) is 7.11. The molecule has 0 saturated carbocycles. The summed E-state index contributed by atoms with van der Waals surface area (Å²) in [7, 11) is 0. The van der Waals surface area contributed by atoms with Crippen LogP contribution in [0, 0.1) is 0 Å². The van der Waals surface area contributed by atoms with Gasteiger partial charge in [-0.25, -0.2) is 17.6 Å². The van der Waals surface area contributed by atoms with Crippen LogP contribution in [-0.2, 0) is 9.47 Å². The minimum Gasteiger partial charge on any atom is -0.373 e. The normalized spacial score (nSPS) is 28.6. The standard InChI is InChI=1S/C16H22F9NO2/c17-12(16(23,24)25)14(19,20)7-10-8-28-11(9-27-10)15(21,22)13(18)26-5-3-1-2-4-6-26/h10-13H,1-9H2. The molecule has 2 fully saturated rings. The van der Waals surface area contributed by atoms with E-state index in [4.69, 9.17) is 9.47 Å². The zero-order chi connectivity index (χ0) is 21.2. The fourth-order valence-corrected chi connectivity index (χ4v) is 3.25. The Balaban J connectivity index is 1.91. The van der Waals surface area contributed by atoms with Gasteiger partial charge in [0.25, 0.3) is 12.1 Å². The van der Waals surface area contributed by atoms with E-state index in [1.165, 1.54) is 0 Å². The Labute approximate surface area is 156 Å². The van der Waals surface area contributed by atoms with Crippen molar-refractivity contribution in [1.82, 2.24) is 4.90 Å². The molecule has 4 unspecified atom stereocenters. The van der Waals surface area contributed by atoms with E-state index in [0.29, 0.717) is 12.8 Å². The lowest BCUT2D eigenvalue weighted by atomic mass is 10.0. The van der Waals surface area contributed by atoms with E-state index in [9.17, 15) is 39.5 Å². The van der Waals surface area contributed by atoms with Gasteiger partial charge in [0.15, 0.2) is 0 Å². The molecule has 0 amide bonds. The maximum absolute atomic E-state index is 14.4. The highest BCUT2D eigenvalue weighted by Gasteiger charge is 2.58. The van der Waals surface area contributed by atoms with Gasteiger partial charge in [0.1, 0.15) is 6.10 Å². The van der Waals surface area contributed by atoms with Crippen molar-refractivity contribution in [3.05, 3.63) is 0 Å². The zero-order valence-electron chi connectivity index (χ0n) is 14.8. The van der Waals surface area contributed by atoms with Crippen LogP contribution >= 0.6 is 0 Å². The van der Waals surface area contributed by atoms with Crippen LogP contribution in [0.1, 0.15) is 32.1 Å². The Morgan fingerprint density at radius 2 is 1.39 bits per heavy atom. The van der Waals surface area contributed by atoms with Crippen molar-refractivity contribution in [3.63, 3.8) is 0 Å². The molecule has 28 heavy (non-hydrogen) atoms. The van der Waals surface area contributed by atoms with Gasteiger partial charge in [0.05, 0.1) is 19.3 Å². The Morgan fingerprint density at radius 1 is 0.821 bits per heavy atom. The molecule has 2 aliphatic rings. The molecule has 0 radical (unpaired) electrons. The van der Waals surface area contributed by atoms with Gasteiger partial charge in [0.2, 0.25) is 6.30 Å². The lowest BCUT2D eigenvalue weighted by Crippen LogP contribution is -2.57. The summed E-state index contributed by atoms with van der Waals surface area (Å²) in [6, 6.07) is 0. The largest absolute Gasteiger partial charge is 0.425 e. The van der Waals surface area contributed by atoms with Crippen molar-refractivity contribution in [2.45, 2.75) is 74.8 Å². The van der Waals surface area contributed by atoms with Crippen molar-refractivity contribution >= 4 is 0 Å². The third-order valence-electron chi connectivity index (χ3n) is 4.83. The van der Waals surface area contributed by atoms with E-state index < -0.39 is 62.3 Å². The van der Waals surface area contributed by atoms with Crippen LogP contribution in [0.25, 0.3) is 0 Å². The summed E-state index contributed by atoms with van der Waals surface area (Å²) in [4.78, 5) is 0.980. The van der Waals surface area contributed by atoms with Crippen molar-refractivity contribution in [2.75, 3.05) is 26.3 Å². The van der Waals surface area contributed by atoms with Gasteiger partial charge in [-0.3, -0.25) is 4.90 Å². The molecular formula is C16H22F9NO2. The summed E-state index contributed by atoms with van der Waals surface area (Å²) in [5.74, 6) is -8.82. The Morgan fingerprint density at radius 3 is 1.86 bits per heavy atom. The number of hydrogen-bond donors (Lipinski definition) is 0. The summed E-state index contributed by atoms with van der Waals surface area (Å²) in [6.07, 6.45) is -15.7. The number of likely N-dealkylation sites (tertiary alicyclic amines) is 1. The van der Waals surface area contributed by atoms with E-state index in [-0.39, 0.29) is 13.1 Å². The topological polar surface area (TPSA) is 21.7 Å². The third kappa shape index (κ3) is 5.65. The molecule has 0 spiro atoms. The molecule has 0 aromatic carbocycles. The summed E-state index contributed by atoms with van der Waals surface area (Å²) >= 11 is 0. The van der Waals surface area contributed by atoms with Crippen LogP contribution in [-0.4, -0.2) is 73.9 Å². The molecule has 2 heterocycles. The summed E-state index contributed by atoms with van der Waals surface area (Å²) < 4.78 is 129. The van der Waals surface area contributed by atoms with Crippen molar-refractivity contribution < 1.29 is 49.0 Å². The molecule has 3 nitrogen and oxygen atoms in total. The highest BCUT2D eigenvalue weighted by molar-refractivity contribution is 4.91. The van der Waals surface area contributed by atoms with Crippen molar-refractivity contribution in [1.29, 1.82) is 0 Å². The molecule has 0 aromatic heterocycles. The Hall–Kier alpha value is -0.750. The Kier molecular flexibility index (Phi) is 7.52. The van der Waals surface area contributed by atoms with Gasteiger partial charge in [0, 0.05) is 19.5 Å². The molecule has 4 atom stereocenters. The fraction of sp³-hybridized carbons (Fsp3) is 1.00. The van der Waals surface area contributed by atoms with Crippen LogP contribution in [0.3, 0.4) is 0 Å². The number of ether oxygens (including phenoxy) is 2. The molecule has 0 aliphatic carbocycles. The second kappa shape index (κ2) is 8.95. The number of rotatable bonds is 6. The Bertz CT molecular complexity index is 487. The van der Waals surface area contributed by atoms with Crippen LogP contribution in [0.2, 0.25) is 0 Å². The van der Waals surface area contributed by atoms with E-state index in [2.05, 4.69) is 0 Å². The number of halogens is 9. The van der Waals surface area contributed by atoms with Gasteiger partial charge >= 0.3 is 12.1 Å². The summed E-state index contributed by atoms with van der Waals surface area (Å²) in [5, 5.41) is 0. The molecular weight excluding hydrogens is 409 g/mol. The first-order valence-corrected chi connectivity index (χ1v) is 8.93. The van der Waals surface area contributed by atoms with Gasteiger partial charge < -0.3 is 9.47 Å². The average Bonchev–Trinajstić information content (AvgIpc) is 2.89. The third-order valence-corrected chi connectivity index (χ3v) is 4.83. The van der Waals surface area contributed by atoms with Crippen LogP contribution in [0.5, 0.6) is 0 Å². The highest BCUT2D eigenvalue weighted by Crippen LogP contribution is 2.39. The molecule has 2 rings (SSSR count). The quantitative estimate of drug-likeness (QED) is 0.457. The van der Waals surface area contributed by atoms with Gasteiger partial charge in [-0.15, -0.1) is 0 Å². The molecule has 0 aromatic rings. The van der Waals surface area contributed by atoms with E-state index in [1.807, 2.05) is 0 Å². The molecule has 166 valence electrons. The molecule has 2 aliphatic heterocycles.